The van der Waals surface area contributed by atoms with Crippen molar-refractivity contribution < 1.29 is 19.1 Å². The van der Waals surface area contributed by atoms with Gasteiger partial charge in [0.05, 0.1) is 11.1 Å². The second kappa shape index (κ2) is 7.60. The van der Waals surface area contributed by atoms with E-state index in [0.717, 1.165) is 5.76 Å². The SMILES string of the molecule is Cc1ccc(/C=C2\Oc3c(CN(C)Cc4ccccc4)c(O)cc(C)c3C2=O)o1. The number of furan rings is 1. The summed E-state index contributed by atoms with van der Waals surface area (Å²) in [6.45, 7) is 4.81. The van der Waals surface area contributed by atoms with Gasteiger partial charge in [0, 0.05) is 19.2 Å². The number of aromatic hydroxyl groups is 1. The molecular formula is C24H23NO4. The number of fused-ring (bicyclic) bond motifs is 1. The number of Topliss-reactive ketones (excluding diaryl/α,β-unsaturated/α-hetero) is 1. The van der Waals surface area contributed by atoms with Crippen LogP contribution < -0.4 is 4.74 Å². The van der Waals surface area contributed by atoms with Gasteiger partial charge in [0.1, 0.15) is 23.0 Å². The molecule has 1 N–H and O–H groups in total. The van der Waals surface area contributed by atoms with E-state index in [1.165, 1.54) is 5.56 Å². The number of hydrogen-bond acceptors (Lipinski definition) is 5. The largest absolute Gasteiger partial charge is 0.507 e. The quantitative estimate of drug-likeness (QED) is 0.632. The van der Waals surface area contributed by atoms with Gasteiger partial charge >= 0.3 is 0 Å². The molecule has 1 aliphatic heterocycles. The lowest BCUT2D eigenvalue weighted by Crippen LogP contribution is -2.17. The van der Waals surface area contributed by atoms with E-state index in [2.05, 4.69) is 17.0 Å². The molecule has 0 atom stereocenters. The predicted molar refractivity (Wildman–Crippen MR) is 111 cm³/mol. The Bertz CT molecular complexity index is 1100. The third-order valence-corrected chi connectivity index (χ3v) is 4.98. The third-order valence-electron chi connectivity index (χ3n) is 4.98. The first-order chi connectivity index (χ1) is 13.9. The molecule has 3 aromatic rings. The fourth-order valence-electron chi connectivity index (χ4n) is 3.61. The highest BCUT2D eigenvalue weighted by Crippen LogP contribution is 2.42. The van der Waals surface area contributed by atoms with Crippen molar-refractivity contribution in [1.29, 1.82) is 0 Å². The van der Waals surface area contributed by atoms with E-state index >= 15 is 0 Å². The van der Waals surface area contributed by atoms with Crippen LogP contribution >= 0.6 is 0 Å². The topological polar surface area (TPSA) is 62.9 Å². The van der Waals surface area contributed by atoms with Crippen LogP contribution in [0.3, 0.4) is 0 Å². The van der Waals surface area contributed by atoms with Crippen molar-refractivity contribution in [3.63, 3.8) is 0 Å². The maximum absolute atomic E-state index is 12.9. The number of phenolic OH excluding ortho intramolecular Hbond substituents is 1. The smallest absolute Gasteiger partial charge is 0.232 e. The molecule has 0 unspecified atom stereocenters. The highest BCUT2D eigenvalue weighted by Gasteiger charge is 2.33. The van der Waals surface area contributed by atoms with Crippen molar-refractivity contribution in [1.82, 2.24) is 4.90 Å². The molecule has 4 rings (SSSR count). The lowest BCUT2D eigenvalue weighted by atomic mass is 9.99. The van der Waals surface area contributed by atoms with Crippen LogP contribution in [0.15, 0.2) is 58.7 Å². The summed E-state index contributed by atoms with van der Waals surface area (Å²) in [5.41, 5.74) is 2.97. The van der Waals surface area contributed by atoms with E-state index < -0.39 is 0 Å². The predicted octanol–water partition coefficient (Wildman–Crippen LogP) is 4.85. The minimum Gasteiger partial charge on any atom is -0.507 e. The summed E-state index contributed by atoms with van der Waals surface area (Å²) in [5, 5.41) is 10.6. The first kappa shape index (κ1) is 19.0. The second-order valence-electron chi connectivity index (χ2n) is 7.44. The minimum absolute atomic E-state index is 0.129. The highest BCUT2D eigenvalue weighted by atomic mass is 16.5. The molecule has 0 spiro atoms. The molecule has 1 aliphatic rings. The minimum atomic E-state index is -0.196. The van der Waals surface area contributed by atoms with Crippen LogP contribution in [0.2, 0.25) is 0 Å². The first-order valence-corrected chi connectivity index (χ1v) is 9.51. The molecule has 0 fully saturated rings. The molecule has 0 saturated carbocycles. The van der Waals surface area contributed by atoms with E-state index in [1.807, 2.05) is 38.2 Å². The number of nitrogens with zero attached hydrogens (tertiary/aromatic N) is 1. The number of rotatable bonds is 5. The van der Waals surface area contributed by atoms with E-state index in [9.17, 15) is 9.90 Å². The number of ketones is 1. The number of carbonyl (C=O) groups is 1. The maximum Gasteiger partial charge on any atom is 0.232 e. The second-order valence-corrected chi connectivity index (χ2v) is 7.44. The first-order valence-electron chi connectivity index (χ1n) is 9.51. The third kappa shape index (κ3) is 3.82. The molecule has 2 heterocycles. The number of aryl methyl sites for hydroxylation is 2. The summed E-state index contributed by atoms with van der Waals surface area (Å²) in [5.74, 6) is 1.89. The zero-order valence-electron chi connectivity index (χ0n) is 16.7. The van der Waals surface area contributed by atoms with Gasteiger partial charge in [0.15, 0.2) is 5.76 Å². The van der Waals surface area contributed by atoms with Crippen LogP contribution in [-0.2, 0) is 13.1 Å². The zero-order chi connectivity index (χ0) is 20.5. The Morgan fingerprint density at radius 3 is 2.52 bits per heavy atom. The van der Waals surface area contributed by atoms with E-state index in [1.54, 1.807) is 25.1 Å². The normalized spacial score (nSPS) is 14.5. The molecule has 29 heavy (non-hydrogen) atoms. The molecule has 0 saturated heterocycles. The van der Waals surface area contributed by atoms with E-state index in [-0.39, 0.29) is 17.3 Å². The van der Waals surface area contributed by atoms with Crippen LogP contribution in [0.5, 0.6) is 11.5 Å². The Balaban J connectivity index is 1.65. The van der Waals surface area contributed by atoms with Gasteiger partial charge in [0.25, 0.3) is 0 Å². The lowest BCUT2D eigenvalue weighted by Gasteiger charge is -2.19. The lowest BCUT2D eigenvalue weighted by molar-refractivity contribution is 0.101. The molecule has 148 valence electrons. The molecule has 0 amide bonds. The molecule has 5 nitrogen and oxygen atoms in total. The van der Waals surface area contributed by atoms with Gasteiger partial charge in [-0.05, 0) is 50.2 Å². The van der Waals surface area contributed by atoms with Crippen molar-refractivity contribution in [3.05, 3.63) is 88.1 Å². The number of carbonyl (C=O) groups excluding carboxylic acids is 1. The van der Waals surface area contributed by atoms with Gasteiger partial charge in [-0.15, -0.1) is 0 Å². The van der Waals surface area contributed by atoms with Gasteiger partial charge in [0.2, 0.25) is 5.78 Å². The standard InChI is InChI=1S/C24H23NO4/c1-15-11-20(26)19(14-25(3)13-17-7-5-4-6-8-17)24-22(15)23(27)21(29-24)12-18-10-9-16(2)28-18/h4-12,26H,13-14H2,1-3H3/b21-12-. The Labute approximate surface area is 169 Å². The molecular weight excluding hydrogens is 366 g/mol. The average Bonchev–Trinajstić information content (AvgIpc) is 3.23. The van der Waals surface area contributed by atoms with Crippen molar-refractivity contribution in [2.45, 2.75) is 26.9 Å². The molecule has 2 aromatic carbocycles. The van der Waals surface area contributed by atoms with Gasteiger partial charge in [-0.3, -0.25) is 9.69 Å². The Kier molecular flexibility index (Phi) is 4.99. The van der Waals surface area contributed by atoms with Gasteiger partial charge < -0.3 is 14.3 Å². The maximum atomic E-state index is 12.9. The van der Waals surface area contributed by atoms with Crippen molar-refractivity contribution >= 4 is 11.9 Å². The number of hydrogen-bond donors (Lipinski definition) is 1. The molecule has 0 aliphatic carbocycles. The van der Waals surface area contributed by atoms with Crippen LogP contribution in [0, 0.1) is 13.8 Å². The average molecular weight is 389 g/mol. The molecule has 1 aromatic heterocycles. The molecule has 0 radical (unpaired) electrons. The van der Waals surface area contributed by atoms with Crippen molar-refractivity contribution in [2.75, 3.05) is 7.05 Å². The fourth-order valence-corrected chi connectivity index (χ4v) is 3.61. The summed E-state index contributed by atoms with van der Waals surface area (Å²) in [7, 11) is 1.97. The fraction of sp³-hybridized carbons (Fsp3) is 0.208. The Morgan fingerprint density at radius 1 is 1.07 bits per heavy atom. The monoisotopic (exact) mass is 389 g/mol. The number of allylic oxidation sites excluding steroid dienone is 1. The van der Waals surface area contributed by atoms with Crippen molar-refractivity contribution in [3.8, 4) is 11.5 Å². The number of ether oxygens (including phenoxy) is 1. The Hall–Kier alpha value is -3.31. The number of benzene rings is 2. The summed E-state index contributed by atoms with van der Waals surface area (Å²) in [6.07, 6.45) is 1.60. The van der Waals surface area contributed by atoms with Gasteiger partial charge in [-0.25, -0.2) is 0 Å². The molecule has 5 heteroatoms. The van der Waals surface area contributed by atoms with Gasteiger partial charge in [-0.1, -0.05) is 30.3 Å². The number of phenols is 1. The molecule has 0 bridgehead atoms. The van der Waals surface area contributed by atoms with Crippen LogP contribution in [-0.4, -0.2) is 22.8 Å². The summed E-state index contributed by atoms with van der Waals surface area (Å²) >= 11 is 0. The Morgan fingerprint density at radius 2 is 1.83 bits per heavy atom. The highest BCUT2D eigenvalue weighted by molar-refractivity contribution is 6.15. The zero-order valence-corrected chi connectivity index (χ0v) is 16.7. The summed E-state index contributed by atoms with van der Waals surface area (Å²) < 4.78 is 11.5. The van der Waals surface area contributed by atoms with Crippen LogP contribution in [0.1, 0.15) is 38.6 Å². The van der Waals surface area contributed by atoms with Crippen LogP contribution in [0.25, 0.3) is 6.08 Å². The van der Waals surface area contributed by atoms with Gasteiger partial charge in [-0.2, -0.15) is 0 Å². The van der Waals surface area contributed by atoms with E-state index in [4.69, 9.17) is 9.15 Å². The van der Waals surface area contributed by atoms with Crippen LogP contribution in [0.4, 0.5) is 0 Å². The summed E-state index contributed by atoms with van der Waals surface area (Å²) in [6, 6.07) is 15.4. The van der Waals surface area contributed by atoms with Crippen molar-refractivity contribution in [2.24, 2.45) is 0 Å². The van der Waals surface area contributed by atoms with E-state index in [0.29, 0.717) is 41.3 Å². The summed E-state index contributed by atoms with van der Waals surface area (Å²) in [4.78, 5) is 15.0.